The fourth-order valence-electron chi connectivity index (χ4n) is 3.51. The smallest absolute Gasteiger partial charge is 0.234 e. The van der Waals surface area contributed by atoms with Gasteiger partial charge in [-0.3, -0.25) is 19.9 Å². The van der Waals surface area contributed by atoms with Gasteiger partial charge in [0, 0.05) is 11.4 Å². The summed E-state index contributed by atoms with van der Waals surface area (Å²) in [6, 6.07) is 15.4. The zero-order valence-electron chi connectivity index (χ0n) is 18.8. The van der Waals surface area contributed by atoms with Crippen LogP contribution in [0.15, 0.2) is 53.7 Å². The summed E-state index contributed by atoms with van der Waals surface area (Å²) in [5, 5.41) is 20.1. The van der Waals surface area contributed by atoms with Crippen LogP contribution < -0.4 is 15.5 Å². The van der Waals surface area contributed by atoms with Gasteiger partial charge in [-0.2, -0.15) is 5.10 Å². The highest BCUT2D eigenvalue weighted by Crippen LogP contribution is 2.25. The van der Waals surface area contributed by atoms with Gasteiger partial charge in [-0.25, -0.2) is 4.98 Å². The van der Waals surface area contributed by atoms with E-state index in [9.17, 15) is 4.79 Å². The fraction of sp³-hybridized carbons (Fsp3) is 0.250. The minimum Gasteiger partial charge on any atom is -0.492 e. The van der Waals surface area contributed by atoms with Gasteiger partial charge >= 0.3 is 0 Å². The third-order valence-electron chi connectivity index (χ3n) is 5.18. The lowest BCUT2D eigenvalue weighted by molar-refractivity contribution is -0.113. The number of hydrogen-bond acceptors (Lipinski definition) is 6. The van der Waals surface area contributed by atoms with Gasteiger partial charge in [0.15, 0.2) is 10.8 Å². The summed E-state index contributed by atoms with van der Waals surface area (Å²) in [5.74, 6) is 0.561. The van der Waals surface area contributed by atoms with Crippen molar-refractivity contribution < 1.29 is 9.53 Å². The van der Waals surface area contributed by atoms with Gasteiger partial charge in [0.05, 0.1) is 23.4 Å². The molecule has 0 aliphatic heterocycles. The molecule has 0 aliphatic rings. The minimum atomic E-state index is -0.188. The molecule has 0 saturated heterocycles. The van der Waals surface area contributed by atoms with Crippen molar-refractivity contribution in [2.45, 2.75) is 32.3 Å². The van der Waals surface area contributed by atoms with E-state index in [1.807, 2.05) is 62.4 Å². The van der Waals surface area contributed by atoms with Crippen molar-refractivity contribution >= 4 is 34.4 Å². The van der Waals surface area contributed by atoms with Crippen LogP contribution in [0.2, 0.25) is 0 Å². The number of para-hydroxylation sites is 2. The summed E-state index contributed by atoms with van der Waals surface area (Å²) in [4.78, 5) is 17.4. The quantitative estimate of drug-likeness (QED) is 0.268. The van der Waals surface area contributed by atoms with Crippen molar-refractivity contribution in [3.05, 3.63) is 65.3 Å². The number of amides is 1. The molecule has 1 amide bonds. The number of aryl methyl sites for hydroxylation is 2. The number of nitrogens with one attached hydrogen (secondary N) is 3. The van der Waals surface area contributed by atoms with Gasteiger partial charge in [-0.1, -0.05) is 43.0 Å². The Hall–Kier alpha value is -3.59. The molecule has 0 radical (unpaired) electrons. The molecule has 8 nitrogen and oxygen atoms in total. The summed E-state index contributed by atoms with van der Waals surface area (Å²) in [7, 11) is 0. The van der Waals surface area contributed by atoms with Gasteiger partial charge < -0.3 is 10.1 Å². The van der Waals surface area contributed by atoms with Crippen molar-refractivity contribution in [3.63, 3.8) is 0 Å². The predicted octanol–water partition coefficient (Wildman–Crippen LogP) is 4.23. The first kappa shape index (κ1) is 22.6. The van der Waals surface area contributed by atoms with Crippen LogP contribution in [0, 0.1) is 12.3 Å². The zero-order chi connectivity index (χ0) is 23.4. The highest BCUT2D eigenvalue weighted by molar-refractivity contribution is 7.99. The van der Waals surface area contributed by atoms with Crippen LogP contribution in [0.3, 0.4) is 0 Å². The molecule has 2 aromatic carbocycles. The van der Waals surface area contributed by atoms with E-state index < -0.39 is 0 Å². The lowest BCUT2D eigenvalue weighted by Crippen LogP contribution is -2.23. The monoisotopic (exact) mass is 462 g/mol. The first-order chi connectivity index (χ1) is 16.0. The normalized spacial score (nSPS) is 11.0. The molecular formula is C24H26N6O2S. The van der Waals surface area contributed by atoms with E-state index in [0.717, 1.165) is 17.8 Å². The molecule has 3 N–H and O–H groups in total. The van der Waals surface area contributed by atoms with Gasteiger partial charge in [0.25, 0.3) is 0 Å². The Morgan fingerprint density at radius 2 is 1.94 bits per heavy atom. The number of carbonyl (C=O) groups is 1. The van der Waals surface area contributed by atoms with E-state index >= 15 is 0 Å². The van der Waals surface area contributed by atoms with Gasteiger partial charge in [0.1, 0.15) is 11.2 Å². The molecule has 0 spiro atoms. The molecule has 33 heavy (non-hydrogen) atoms. The van der Waals surface area contributed by atoms with Crippen molar-refractivity contribution in [2.75, 3.05) is 17.7 Å². The number of rotatable bonds is 8. The van der Waals surface area contributed by atoms with Crippen LogP contribution in [-0.4, -0.2) is 38.0 Å². The highest BCUT2D eigenvalue weighted by atomic mass is 32.2. The van der Waals surface area contributed by atoms with E-state index in [-0.39, 0.29) is 17.1 Å². The lowest BCUT2D eigenvalue weighted by atomic mass is 10.1. The second kappa shape index (κ2) is 9.91. The Balaban J connectivity index is 1.64. The number of hydrogen-bond donors (Lipinski definition) is 3. The molecule has 2 heterocycles. The maximum atomic E-state index is 12.7. The van der Waals surface area contributed by atoms with Crippen LogP contribution in [0.25, 0.3) is 16.7 Å². The summed E-state index contributed by atoms with van der Waals surface area (Å²) in [6.07, 6.45) is 0.932. The molecule has 4 aromatic rings. The van der Waals surface area contributed by atoms with Crippen LogP contribution in [0.4, 0.5) is 5.69 Å². The van der Waals surface area contributed by atoms with Crippen molar-refractivity contribution in [3.8, 4) is 11.4 Å². The second-order valence-corrected chi connectivity index (χ2v) is 8.35. The number of benzene rings is 2. The third-order valence-corrected chi connectivity index (χ3v) is 6.12. The largest absolute Gasteiger partial charge is 0.492 e. The van der Waals surface area contributed by atoms with Crippen molar-refractivity contribution in [1.29, 1.82) is 5.41 Å². The van der Waals surface area contributed by atoms with Gasteiger partial charge in [-0.05, 0) is 50.1 Å². The number of aromatic nitrogens is 4. The molecule has 0 atom stereocenters. The molecule has 0 fully saturated rings. The maximum Gasteiger partial charge on any atom is 0.234 e. The SMILES string of the molecule is CCOc1ccccc1NC(=O)CSc1nc2n[nH]c(C)c2c(=N)n1-c1ccc(CC)cc1. The second-order valence-electron chi connectivity index (χ2n) is 7.41. The number of thioether (sulfide) groups is 1. The van der Waals surface area contributed by atoms with Crippen LogP contribution in [-0.2, 0) is 11.2 Å². The number of anilines is 1. The molecule has 0 bridgehead atoms. The lowest BCUT2D eigenvalue weighted by Gasteiger charge is -2.14. The molecule has 4 rings (SSSR count). The number of fused-ring (bicyclic) bond motifs is 1. The topological polar surface area (TPSA) is 109 Å². The molecule has 0 saturated carbocycles. The van der Waals surface area contributed by atoms with Gasteiger partial charge in [-0.15, -0.1) is 0 Å². The number of nitrogens with zero attached hydrogens (tertiary/aromatic N) is 3. The summed E-state index contributed by atoms with van der Waals surface area (Å²) >= 11 is 1.26. The molecule has 0 unspecified atom stereocenters. The Bertz CT molecular complexity index is 1340. The number of H-pyrrole nitrogens is 1. The zero-order valence-corrected chi connectivity index (χ0v) is 19.6. The Morgan fingerprint density at radius 3 is 2.67 bits per heavy atom. The van der Waals surface area contributed by atoms with E-state index in [1.54, 1.807) is 4.57 Å². The highest BCUT2D eigenvalue weighted by Gasteiger charge is 2.17. The summed E-state index contributed by atoms with van der Waals surface area (Å²) in [6.45, 7) is 6.38. The number of carbonyl (C=O) groups excluding carboxylic acids is 1. The van der Waals surface area contributed by atoms with Crippen LogP contribution >= 0.6 is 11.8 Å². The standard InChI is InChI=1S/C24H26N6O2S/c1-4-16-10-12-17(13-11-16)30-22(25)21-15(3)28-29-23(21)27-24(30)33-14-20(31)26-18-8-6-7-9-19(18)32-5-2/h6-13,25H,4-5,14H2,1-3H3,(H,26,31)(H,28,29). The van der Waals surface area contributed by atoms with E-state index in [4.69, 9.17) is 10.1 Å². The Kier molecular flexibility index (Phi) is 6.79. The Labute approximate surface area is 195 Å². The first-order valence-electron chi connectivity index (χ1n) is 10.8. The van der Waals surface area contributed by atoms with E-state index in [1.165, 1.54) is 17.3 Å². The maximum absolute atomic E-state index is 12.7. The average Bonchev–Trinajstić information content (AvgIpc) is 3.20. The number of aromatic amines is 1. The number of ether oxygens (including phenoxy) is 1. The third kappa shape index (κ3) is 4.78. The molecular weight excluding hydrogens is 436 g/mol. The Morgan fingerprint density at radius 1 is 1.18 bits per heavy atom. The molecule has 170 valence electrons. The van der Waals surface area contributed by atoms with Gasteiger partial charge in [0.2, 0.25) is 5.91 Å². The minimum absolute atomic E-state index is 0.120. The fourth-order valence-corrected chi connectivity index (χ4v) is 4.32. The molecule has 2 aromatic heterocycles. The predicted molar refractivity (Wildman–Crippen MR) is 130 cm³/mol. The van der Waals surface area contributed by atoms with Crippen molar-refractivity contribution in [1.82, 2.24) is 19.7 Å². The van der Waals surface area contributed by atoms with E-state index in [0.29, 0.717) is 34.2 Å². The van der Waals surface area contributed by atoms with Crippen LogP contribution in [0.5, 0.6) is 5.75 Å². The van der Waals surface area contributed by atoms with Crippen molar-refractivity contribution in [2.24, 2.45) is 0 Å². The first-order valence-corrected chi connectivity index (χ1v) is 11.8. The van der Waals surface area contributed by atoms with E-state index in [2.05, 4.69) is 27.4 Å². The summed E-state index contributed by atoms with van der Waals surface area (Å²) in [5.41, 5.74) is 4.17. The molecule has 9 heteroatoms. The molecule has 0 aliphatic carbocycles. The average molecular weight is 463 g/mol. The summed E-state index contributed by atoms with van der Waals surface area (Å²) < 4.78 is 7.35. The van der Waals surface area contributed by atoms with Crippen LogP contribution in [0.1, 0.15) is 25.1 Å².